The minimum Gasteiger partial charge on any atom is -0.493 e. The van der Waals surface area contributed by atoms with Crippen LogP contribution < -0.4 is 14.8 Å². The maximum Gasteiger partial charge on any atom is 0.337 e. The van der Waals surface area contributed by atoms with Crippen molar-refractivity contribution in [1.82, 2.24) is 5.32 Å². The summed E-state index contributed by atoms with van der Waals surface area (Å²) in [6, 6.07) is 11.6. The molecule has 7 heteroatoms. The summed E-state index contributed by atoms with van der Waals surface area (Å²) in [6.07, 6.45) is 0. The molecule has 0 bridgehead atoms. The molecule has 1 N–H and O–H groups in total. The van der Waals surface area contributed by atoms with Crippen LogP contribution in [0.4, 0.5) is 0 Å². The third-order valence-electron chi connectivity index (χ3n) is 3.69. The van der Waals surface area contributed by atoms with E-state index in [1.807, 2.05) is 25.1 Å². The first-order valence-electron chi connectivity index (χ1n) is 7.89. The van der Waals surface area contributed by atoms with Gasteiger partial charge in [0.25, 0.3) is 5.91 Å². The Morgan fingerprint density at radius 2 is 1.85 bits per heavy atom. The molecule has 0 spiro atoms. The lowest BCUT2D eigenvalue weighted by Gasteiger charge is -2.16. The van der Waals surface area contributed by atoms with Crippen LogP contribution in [0.5, 0.6) is 11.5 Å². The van der Waals surface area contributed by atoms with Crippen LogP contribution in [0.15, 0.2) is 42.5 Å². The quantitative estimate of drug-likeness (QED) is 0.748. The summed E-state index contributed by atoms with van der Waals surface area (Å²) in [5, 5.41) is 3.40. The highest BCUT2D eigenvalue weighted by atomic mass is 35.5. The molecule has 6 nitrogen and oxygen atoms in total. The molecule has 0 radical (unpaired) electrons. The Morgan fingerprint density at radius 1 is 1.12 bits per heavy atom. The van der Waals surface area contributed by atoms with Gasteiger partial charge < -0.3 is 19.5 Å². The molecule has 0 aliphatic heterocycles. The minimum atomic E-state index is -0.485. The summed E-state index contributed by atoms with van der Waals surface area (Å²) in [7, 11) is 2.74. The van der Waals surface area contributed by atoms with Crippen LogP contribution in [0.1, 0.15) is 28.9 Å². The number of benzene rings is 2. The van der Waals surface area contributed by atoms with Crippen molar-refractivity contribution in [2.75, 3.05) is 20.8 Å². The summed E-state index contributed by atoms with van der Waals surface area (Å²) < 4.78 is 15.4. The van der Waals surface area contributed by atoms with Gasteiger partial charge in [0.2, 0.25) is 0 Å². The van der Waals surface area contributed by atoms with Crippen LogP contribution in [0, 0.1) is 0 Å². The highest BCUT2D eigenvalue weighted by molar-refractivity contribution is 6.31. The van der Waals surface area contributed by atoms with Gasteiger partial charge >= 0.3 is 5.97 Å². The fourth-order valence-electron chi connectivity index (χ4n) is 2.36. The lowest BCUT2D eigenvalue weighted by Crippen LogP contribution is -2.31. The van der Waals surface area contributed by atoms with Gasteiger partial charge in [-0.1, -0.05) is 29.8 Å². The molecular weight excluding hydrogens is 358 g/mol. The third-order valence-corrected chi connectivity index (χ3v) is 4.04. The number of ether oxygens (including phenoxy) is 3. The fraction of sp³-hybridized carbons (Fsp3) is 0.263. The predicted molar refractivity (Wildman–Crippen MR) is 97.8 cm³/mol. The number of methoxy groups -OCH3 is 2. The second kappa shape index (κ2) is 9.10. The first-order chi connectivity index (χ1) is 12.5. The van der Waals surface area contributed by atoms with E-state index in [2.05, 4.69) is 10.1 Å². The lowest BCUT2D eigenvalue weighted by atomic mass is 10.1. The van der Waals surface area contributed by atoms with E-state index in [4.69, 9.17) is 21.1 Å². The van der Waals surface area contributed by atoms with E-state index in [1.54, 1.807) is 12.1 Å². The highest BCUT2D eigenvalue weighted by Crippen LogP contribution is 2.28. The molecule has 1 atom stereocenters. The van der Waals surface area contributed by atoms with Crippen molar-refractivity contribution in [3.8, 4) is 11.5 Å². The van der Waals surface area contributed by atoms with Crippen LogP contribution >= 0.6 is 11.6 Å². The Bertz CT molecular complexity index is 793. The Hall–Kier alpha value is -2.73. The molecule has 138 valence electrons. The van der Waals surface area contributed by atoms with Crippen LogP contribution in [0.3, 0.4) is 0 Å². The third kappa shape index (κ3) is 4.89. The minimum absolute atomic E-state index is 0.206. The Balaban J connectivity index is 1.98. The maximum absolute atomic E-state index is 12.1. The molecule has 0 aliphatic carbocycles. The molecular formula is C19H20ClNO5. The number of hydrogen-bond acceptors (Lipinski definition) is 5. The lowest BCUT2D eigenvalue weighted by molar-refractivity contribution is -0.123. The van der Waals surface area contributed by atoms with Crippen LogP contribution in [-0.4, -0.2) is 32.7 Å². The average Bonchev–Trinajstić information content (AvgIpc) is 2.65. The van der Waals surface area contributed by atoms with Crippen LogP contribution in [0.25, 0.3) is 0 Å². The van der Waals surface area contributed by atoms with Crippen molar-refractivity contribution in [3.05, 3.63) is 58.6 Å². The molecule has 2 aromatic carbocycles. The van der Waals surface area contributed by atoms with Gasteiger partial charge in [0.05, 0.1) is 25.8 Å². The average molecular weight is 378 g/mol. The van der Waals surface area contributed by atoms with E-state index < -0.39 is 5.97 Å². The summed E-state index contributed by atoms with van der Waals surface area (Å²) >= 11 is 6.13. The summed E-state index contributed by atoms with van der Waals surface area (Å²) in [5.41, 5.74) is 1.15. The molecule has 0 aliphatic rings. The molecule has 0 unspecified atom stereocenters. The predicted octanol–water partition coefficient (Wildman–Crippen LogP) is 3.39. The van der Waals surface area contributed by atoms with Crippen molar-refractivity contribution in [2.45, 2.75) is 13.0 Å². The number of nitrogens with one attached hydrogen (secondary N) is 1. The summed E-state index contributed by atoms with van der Waals surface area (Å²) in [5.74, 6) is -0.113. The molecule has 0 fully saturated rings. The van der Waals surface area contributed by atoms with E-state index in [9.17, 15) is 9.59 Å². The zero-order valence-corrected chi connectivity index (χ0v) is 15.5. The molecule has 0 aromatic heterocycles. The van der Waals surface area contributed by atoms with E-state index in [-0.39, 0.29) is 18.6 Å². The summed E-state index contributed by atoms with van der Waals surface area (Å²) in [4.78, 5) is 23.7. The Morgan fingerprint density at radius 3 is 2.50 bits per heavy atom. The number of esters is 1. The molecule has 0 saturated heterocycles. The zero-order chi connectivity index (χ0) is 19.1. The molecule has 1 amide bonds. The van der Waals surface area contributed by atoms with Gasteiger partial charge in [0.15, 0.2) is 18.1 Å². The number of halogens is 1. The monoisotopic (exact) mass is 377 g/mol. The molecule has 26 heavy (non-hydrogen) atoms. The van der Waals surface area contributed by atoms with Crippen LogP contribution in [0.2, 0.25) is 5.02 Å². The Labute approximate surface area is 157 Å². The number of carbonyl (C=O) groups excluding carboxylic acids is 2. The highest BCUT2D eigenvalue weighted by Gasteiger charge is 2.15. The van der Waals surface area contributed by atoms with Gasteiger partial charge in [-0.15, -0.1) is 0 Å². The largest absolute Gasteiger partial charge is 0.493 e. The topological polar surface area (TPSA) is 73.9 Å². The Kier molecular flexibility index (Phi) is 6.86. The van der Waals surface area contributed by atoms with Gasteiger partial charge in [0.1, 0.15) is 0 Å². The number of amides is 1. The first-order valence-corrected chi connectivity index (χ1v) is 8.27. The van der Waals surface area contributed by atoms with Gasteiger partial charge in [-0.05, 0) is 36.8 Å². The van der Waals surface area contributed by atoms with E-state index in [0.717, 1.165) is 5.56 Å². The van der Waals surface area contributed by atoms with Crippen molar-refractivity contribution in [3.63, 3.8) is 0 Å². The molecule has 2 aromatic rings. The van der Waals surface area contributed by atoms with Gasteiger partial charge in [-0.25, -0.2) is 4.79 Å². The standard InChI is InChI=1S/C19H20ClNO5/c1-12(14-6-4-5-7-15(14)20)21-18(22)11-26-16-9-8-13(19(23)25-3)10-17(16)24-2/h4-10,12H,11H2,1-3H3,(H,21,22)/t12-/m1/s1. The SMILES string of the molecule is COC(=O)c1ccc(OCC(=O)N[C@H](C)c2ccccc2Cl)c(OC)c1. The fourth-order valence-corrected chi connectivity index (χ4v) is 2.66. The first kappa shape index (κ1) is 19.6. The summed E-state index contributed by atoms with van der Waals surface area (Å²) in [6.45, 7) is 1.63. The van der Waals surface area contributed by atoms with Crippen molar-refractivity contribution >= 4 is 23.5 Å². The van der Waals surface area contributed by atoms with E-state index in [1.165, 1.54) is 26.4 Å². The smallest absolute Gasteiger partial charge is 0.337 e. The van der Waals surface area contributed by atoms with E-state index in [0.29, 0.717) is 22.1 Å². The van der Waals surface area contributed by atoms with Crippen LogP contribution in [-0.2, 0) is 9.53 Å². The molecule has 0 heterocycles. The van der Waals surface area contributed by atoms with E-state index >= 15 is 0 Å². The number of hydrogen-bond donors (Lipinski definition) is 1. The zero-order valence-electron chi connectivity index (χ0n) is 14.7. The molecule has 0 saturated carbocycles. The van der Waals surface area contributed by atoms with Crippen molar-refractivity contribution in [2.24, 2.45) is 0 Å². The van der Waals surface area contributed by atoms with Gasteiger partial charge in [0, 0.05) is 5.02 Å². The second-order valence-electron chi connectivity index (χ2n) is 5.46. The van der Waals surface area contributed by atoms with Crippen molar-refractivity contribution < 1.29 is 23.8 Å². The van der Waals surface area contributed by atoms with Gasteiger partial charge in [-0.2, -0.15) is 0 Å². The second-order valence-corrected chi connectivity index (χ2v) is 5.86. The maximum atomic E-state index is 12.1. The molecule has 2 rings (SSSR count). The number of carbonyl (C=O) groups is 2. The van der Waals surface area contributed by atoms with Crippen molar-refractivity contribution in [1.29, 1.82) is 0 Å². The number of rotatable bonds is 7. The normalized spacial score (nSPS) is 11.4. The van der Waals surface area contributed by atoms with Gasteiger partial charge in [-0.3, -0.25) is 4.79 Å².